The molecule has 0 unspecified atom stereocenters. The lowest BCUT2D eigenvalue weighted by molar-refractivity contribution is 0.0283. The molecule has 2 heterocycles. The van der Waals surface area contributed by atoms with Crippen molar-refractivity contribution >= 4 is 17.5 Å². The summed E-state index contributed by atoms with van der Waals surface area (Å²) >= 11 is 5.89. The maximum Gasteiger partial charge on any atom is 0.273 e. The topological polar surface area (TPSA) is 67.6 Å². The van der Waals surface area contributed by atoms with Gasteiger partial charge in [-0.2, -0.15) is 0 Å². The lowest BCUT2D eigenvalue weighted by Gasteiger charge is -2.30. The van der Waals surface area contributed by atoms with Gasteiger partial charge in [-0.05, 0) is 37.1 Å². The first-order chi connectivity index (χ1) is 12.6. The third-order valence-electron chi connectivity index (χ3n) is 5.12. The first-order valence-corrected chi connectivity index (χ1v) is 9.32. The van der Waals surface area contributed by atoms with E-state index in [1.807, 2.05) is 12.1 Å². The number of benzene rings is 1. The number of rotatable bonds is 6. The van der Waals surface area contributed by atoms with Gasteiger partial charge in [0.1, 0.15) is 0 Å². The van der Waals surface area contributed by atoms with E-state index >= 15 is 0 Å². The molecule has 0 bridgehead atoms. The number of nitrogens with zero attached hydrogens (tertiary/aromatic N) is 2. The van der Waals surface area contributed by atoms with Crippen molar-refractivity contribution in [1.29, 1.82) is 0 Å². The monoisotopic (exact) mass is 375 g/mol. The molecule has 2 aliphatic rings. The number of morpholine rings is 1. The Bertz CT molecular complexity index is 765. The highest BCUT2D eigenvalue weighted by molar-refractivity contribution is 6.30. The van der Waals surface area contributed by atoms with E-state index in [1.165, 1.54) is 0 Å². The summed E-state index contributed by atoms with van der Waals surface area (Å²) in [5.74, 6) is 0.364. The van der Waals surface area contributed by atoms with Gasteiger partial charge in [-0.25, -0.2) is 0 Å². The summed E-state index contributed by atoms with van der Waals surface area (Å²) < 4.78 is 10.7. The third-order valence-corrected chi connectivity index (χ3v) is 5.37. The second kappa shape index (κ2) is 7.39. The van der Waals surface area contributed by atoms with Gasteiger partial charge in [0.15, 0.2) is 11.5 Å². The molecule has 2 fully saturated rings. The van der Waals surface area contributed by atoms with Crippen LogP contribution in [0.5, 0.6) is 0 Å². The van der Waals surface area contributed by atoms with E-state index < -0.39 is 0 Å². The highest BCUT2D eigenvalue weighted by Crippen LogP contribution is 2.45. The first-order valence-electron chi connectivity index (χ1n) is 8.95. The zero-order valence-electron chi connectivity index (χ0n) is 14.5. The SMILES string of the molecule is O=C(NCC1(CN2CCOCC2)CC1)c1cc(-c2ccc(Cl)cc2)on1. The van der Waals surface area contributed by atoms with Crippen LogP contribution in [0.15, 0.2) is 34.9 Å². The van der Waals surface area contributed by atoms with Crippen LogP contribution in [0.2, 0.25) is 5.02 Å². The molecule has 1 saturated heterocycles. The number of carbonyl (C=O) groups is 1. The van der Waals surface area contributed by atoms with Crippen LogP contribution in [0.25, 0.3) is 11.3 Å². The van der Waals surface area contributed by atoms with Crippen molar-refractivity contribution in [3.63, 3.8) is 0 Å². The van der Waals surface area contributed by atoms with Crippen molar-refractivity contribution in [2.45, 2.75) is 12.8 Å². The molecule has 4 rings (SSSR count). The van der Waals surface area contributed by atoms with Crippen LogP contribution in [0.3, 0.4) is 0 Å². The Labute approximate surface area is 157 Å². The Morgan fingerprint density at radius 2 is 1.96 bits per heavy atom. The Hall–Kier alpha value is -1.89. The lowest BCUT2D eigenvalue weighted by Crippen LogP contribution is -2.43. The summed E-state index contributed by atoms with van der Waals surface area (Å²) in [6.45, 7) is 5.24. The second-order valence-electron chi connectivity index (χ2n) is 7.15. The van der Waals surface area contributed by atoms with Gasteiger partial charge in [-0.3, -0.25) is 9.69 Å². The summed E-state index contributed by atoms with van der Waals surface area (Å²) in [6.07, 6.45) is 2.30. The van der Waals surface area contributed by atoms with Crippen LogP contribution in [0.1, 0.15) is 23.3 Å². The number of amides is 1. The second-order valence-corrected chi connectivity index (χ2v) is 7.59. The molecule has 1 aliphatic carbocycles. The van der Waals surface area contributed by atoms with Crippen LogP contribution in [0, 0.1) is 5.41 Å². The third kappa shape index (κ3) is 4.09. The molecule has 6 nitrogen and oxygen atoms in total. The largest absolute Gasteiger partial charge is 0.379 e. The average molecular weight is 376 g/mol. The Morgan fingerprint density at radius 3 is 2.65 bits per heavy atom. The number of hydrogen-bond acceptors (Lipinski definition) is 5. The van der Waals surface area contributed by atoms with Crippen molar-refractivity contribution in [3.05, 3.63) is 41.0 Å². The van der Waals surface area contributed by atoms with Gasteiger partial charge >= 0.3 is 0 Å². The molecule has 1 aromatic heterocycles. The molecule has 1 saturated carbocycles. The highest BCUT2D eigenvalue weighted by atomic mass is 35.5. The molecule has 26 heavy (non-hydrogen) atoms. The zero-order valence-corrected chi connectivity index (χ0v) is 15.3. The first kappa shape index (κ1) is 17.5. The predicted octanol–water partition coefficient (Wildman–Crippen LogP) is 2.84. The van der Waals surface area contributed by atoms with Gasteiger partial charge < -0.3 is 14.6 Å². The molecular formula is C19H22ClN3O3. The average Bonchev–Trinajstić information content (AvgIpc) is 3.24. The number of hydrogen-bond donors (Lipinski definition) is 1. The van der Waals surface area contributed by atoms with Gasteiger partial charge in [0, 0.05) is 48.2 Å². The molecule has 1 aromatic carbocycles. The molecule has 1 N–H and O–H groups in total. The van der Waals surface area contributed by atoms with E-state index in [0.717, 1.165) is 51.3 Å². The molecule has 2 aromatic rings. The van der Waals surface area contributed by atoms with Crippen molar-refractivity contribution < 1.29 is 14.1 Å². The minimum atomic E-state index is -0.192. The Kier molecular flexibility index (Phi) is 4.98. The Morgan fingerprint density at radius 1 is 1.23 bits per heavy atom. The highest BCUT2D eigenvalue weighted by Gasteiger charge is 2.44. The normalized spacial score (nSPS) is 19.3. The summed E-state index contributed by atoms with van der Waals surface area (Å²) in [7, 11) is 0. The van der Waals surface area contributed by atoms with E-state index in [4.69, 9.17) is 20.9 Å². The standard InChI is InChI=1S/C19H22ClN3O3/c20-15-3-1-14(2-4-15)17-11-16(22-26-17)18(24)21-12-19(5-6-19)13-23-7-9-25-10-8-23/h1-4,11H,5-10,12-13H2,(H,21,24). The van der Waals surface area contributed by atoms with Crippen LogP contribution >= 0.6 is 11.6 Å². The molecule has 7 heteroatoms. The molecule has 0 atom stereocenters. The van der Waals surface area contributed by atoms with Gasteiger partial charge in [0.05, 0.1) is 13.2 Å². The van der Waals surface area contributed by atoms with E-state index in [2.05, 4.69) is 15.4 Å². The van der Waals surface area contributed by atoms with Gasteiger partial charge in [-0.1, -0.05) is 16.8 Å². The van der Waals surface area contributed by atoms with Crippen molar-refractivity contribution in [1.82, 2.24) is 15.4 Å². The van der Waals surface area contributed by atoms with E-state index in [0.29, 0.717) is 23.0 Å². The fourth-order valence-electron chi connectivity index (χ4n) is 3.29. The number of nitrogens with one attached hydrogen (secondary N) is 1. The molecule has 1 aliphatic heterocycles. The number of ether oxygens (including phenoxy) is 1. The molecule has 1 amide bonds. The van der Waals surface area contributed by atoms with Gasteiger partial charge in [0.25, 0.3) is 5.91 Å². The summed E-state index contributed by atoms with van der Waals surface area (Å²) in [4.78, 5) is 14.8. The molecule has 0 radical (unpaired) electrons. The summed E-state index contributed by atoms with van der Waals surface area (Å²) in [5, 5.41) is 7.58. The molecular weight excluding hydrogens is 354 g/mol. The Balaban J connectivity index is 1.33. The summed E-state index contributed by atoms with van der Waals surface area (Å²) in [5.41, 5.74) is 1.35. The number of halogens is 1. The number of carbonyl (C=O) groups excluding carboxylic acids is 1. The minimum absolute atomic E-state index is 0.192. The maximum absolute atomic E-state index is 12.4. The maximum atomic E-state index is 12.4. The molecule has 0 spiro atoms. The van der Waals surface area contributed by atoms with E-state index in [9.17, 15) is 4.79 Å². The van der Waals surface area contributed by atoms with Crippen LogP contribution in [-0.2, 0) is 4.74 Å². The van der Waals surface area contributed by atoms with Gasteiger partial charge in [-0.15, -0.1) is 0 Å². The van der Waals surface area contributed by atoms with E-state index in [1.54, 1.807) is 18.2 Å². The molecule has 138 valence electrons. The lowest BCUT2D eigenvalue weighted by atomic mass is 10.1. The smallest absolute Gasteiger partial charge is 0.273 e. The fourth-order valence-corrected chi connectivity index (χ4v) is 3.42. The van der Waals surface area contributed by atoms with Crippen molar-refractivity contribution in [2.75, 3.05) is 39.4 Å². The fraction of sp³-hybridized carbons (Fsp3) is 0.474. The predicted molar refractivity (Wildman–Crippen MR) is 98.2 cm³/mol. The minimum Gasteiger partial charge on any atom is -0.379 e. The summed E-state index contributed by atoms with van der Waals surface area (Å²) in [6, 6.07) is 8.90. The van der Waals surface area contributed by atoms with Crippen LogP contribution in [-0.4, -0.2) is 55.4 Å². The zero-order chi connectivity index (χ0) is 18.0. The van der Waals surface area contributed by atoms with Gasteiger partial charge in [0.2, 0.25) is 0 Å². The van der Waals surface area contributed by atoms with Crippen LogP contribution < -0.4 is 5.32 Å². The van der Waals surface area contributed by atoms with Crippen LogP contribution in [0.4, 0.5) is 0 Å². The van der Waals surface area contributed by atoms with Crippen molar-refractivity contribution in [3.8, 4) is 11.3 Å². The van der Waals surface area contributed by atoms with E-state index in [-0.39, 0.29) is 11.3 Å². The quantitative estimate of drug-likeness (QED) is 0.840. The number of aromatic nitrogens is 1. The van der Waals surface area contributed by atoms with Crippen molar-refractivity contribution in [2.24, 2.45) is 5.41 Å².